The monoisotopic (exact) mass is 516 g/mol. The van der Waals surface area contributed by atoms with Crippen LogP contribution in [0.5, 0.6) is 0 Å². The second-order valence-corrected chi connectivity index (χ2v) is 8.50. The molecule has 4 heteroatoms. The van der Waals surface area contributed by atoms with E-state index in [-0.39, 0.29) is 51.0 Å². The first kappa shape index (κ1) is 26.5. The van der Waals surface area contributed by atoms with Gasteiger partial charge in [0.25, 0.3) is 0 Å². The van der Waals surface area contributed by atoms with Gasteiger partial charge < -0.3 is 31.2 Å². The maximum absolute atomic E-state index is 2.42. The molecule has 29 heavy (non-hydrogen) atoms. The van der Waals surface area contributed by atoms with E-state index in [1.54, 1.807) is 0 Å². The SMILES string of the molecule is C1=CC2[CH-]CCC2C=C1.Cc1ccccc1Pc1cc2ccccc2[cH-]1.[Cl-].[Cl-].[Zr+4]. The molecule has 0 N–H and O–H groups in total. The summed E-state index contributed by atoms with van der Waals surface area (Å²) in [7, 11) is 0.759. The minimum absolute atomic E-state index is 0. The van der Waals surface area contributed by atoms with Crippen molar-refractivity contribution in [3.8, 4) is 0 Å². The van der Waals surface area contributed by atoms with E-state index in [2.05, 4.69) is 98.3 Å². The van der Waals surface area contributed by atoms with Crippen LogP contribution in [0.15, 0.2) is 85.0 Å². The van der Waals surface area contributed by atoms with Gasteiger partial charge in [0.1, 0.15) is 0 Å². The summed E-state index contributed by atoms with van der Waals surface area (Å²) in [6.45, 7) is 2.19. The summed E-state index contributed by atoms with van der Waals surface area (Å²) in [4.78, 5) is 0. The predicted molar refractivity (Wildman–Crippen MR) is 117 cm³/mol. The van der Waals surface area contributed by atoms with Crippen molar-refractivity contribution in [2.24, 2.45) is 11.8 Å². The van der Waals surface area contributed by atoms with Crippen LogP contribution in [0.25, 0.3) is 10.8 Å². The van der Waals surface area contributed by atoms with E-state index in [9.17, 15) is 0 Å². The third kappa shape index (κ3) is 6.97. The third-order valence-electron chi connectivity index (χ3n) is 5.28. The second-order valence-electron chi connectivity index (χ2n) is 7.14. The zero-order valence-electron chi connectivity index (χ0n) is 16.5. The first-order valence-electron chi connectivity index (χ1n) is 9.46. The van der Waals surface area contributed by atoms with Crippen molar-refractivity contribution in [3.05, 3.63) is 97.0 Å². The Morgan fingerprint density at radius 2 is 1.66 bits per heavy atom. The zero-order chi connectivity index (χ0) is 17.8. The molecular weight excluding hydrogens is 493 g/mol. The van der Waals surface area contributed by atoms with Crippen LogP contribution in [-0.2, 0) is 26.2 Å². The topological polar surface area (TPSA) is 0 Å². The molecule has 0 radical (unpaired) electrons. The van der Waals surface area contributed by atoms with Gasteiger partial charge in [-0.1, -0.05) is 63.6 Å². The number of rotatable bonds is 2. The van der Waals surface area contributed by atoms with Crippen LogP contribution >= 0.6 is 8.58 Å². The Bertz CT molecular complexity index is 894. The van der Waals surface area contributed by atoms with Crippen molar-refractivity contribution in [1.82, 2.24) is 0 Å². The van der Waals surface area contributed by atoms with Gasteiger partial charge in [-0.05, 0) is 23.7 Å². The molecule has 0 aromatic heterocycles. The molecule has 1 fully saturated rings. The van der Waals surface area contributed by atoms with Crippen molar-refractivity contribution < 1.29 is 51.0 Å². The van der Waals surface area contributed by atoms with Crippen LogP contribution in [0, 0.1) is 25.2 Å². The molecule has 5 rings (SSSR count). The number of hydrogen-bond donors (Lipinski definition) is 0. The maximum Gasteiger partial charge on any atom is 4.00 e. The van der Waals surface area contributed by atoms with Crippen molar-refractivity contribution >= 4 is 30.0 Å². The van der Waals surface area contributed by atoms with E-state index < -0.39 is 0 Å². The Balaban J connectivity index is 0.000000302. The van der Waals surface area contributed by atoms with E-state index in [0.29, 0.717) is 0 Å². The standard InChI is InChI=1S/C16H14P.C9H11.2ClH.Zr/c1-12-6-2-5-9-16(12)17-15-10-13-7-3-4-8-14(13)11-15;1-2-5-9-7-3-6-8(9)4-1;;;/h2-11,17H,1H3;1-2,4-6,8-9H,3,7H2;2*1H;/q2*-1;;;+4/p-2. The van der Waals surface area contributed by atoms with Crippen LogP contribution in [0.3, 0.4) is 0 Å². The number of halogens is 2. The number of allylic oxidation sites excluding steroid dienone is 4. The molecule has 3 aromatic rings. The van der Waals surface area contributed by atoms with Crippen LogP contribution < -0.4 is 35.4 Å². The Kier molecular flexibility index (Phi) is 11.8. The van der Waals surface area contributed by atoms with Crippen LogP contribution in [-0.4, -0.2) is 0 Å². The van der Waals surface area contributed by atoms with Crippen LogP contribution in [0.4, 0.5) is 0 Å². The summed E-state index contributed by atoms with van der Waals surface area (Å²) >= 11 is 0. The van der Waals surface area contributed by atoms with E-state index >= 15 is 0 Å². The van der Waals surface area contributed by atoms with E-state index in [1.165, 1.54) is 39.8 Å². The minimum atomic E-state index is 0. The Labute approximate surface area is 208 Å². The number of aryl methyl sites for hydroxylation is 1. The van der Waals surface area contributed by atoms with Gasteiger partial charge in [-0.3, -0.25) is 0 Å². The number of benzene rings is 2. The Morgan fingerprint density at radius 3 is 2.41 bits per heavy atom. The molecule has 1 saturated carbocycles. The molecular formula is C25H25Cl2PZr. The largest absolute Gasteiger partial charge is 4.00 e. The molecule has 0 spiro atoms. The molecule has 0 aliphatic heterocycles. The fraction of sp³-hybridized carbons (Fsp3) is 0.200. The summed E-state index contributed by atoms with van der Waals surface area (Å²) in [5.74, 6) is 1.62. The molecule has 0 bridgehead atoms. The third-order valence-corrected chi connectivity index (χ3v) is 6.69. The van der Waals surface area contributed by atoms with Crippen molar-refractivity contribution in [3.63, 3.8) is 0 Å². The summed E-state index contributed by atoms with van der Waals surface area (Å²) in [6.07, 6.45) is 14.1. The van der Waals surface area contributed by atoms with Gasteiger partial charge in [-0.2, -0.15) is 12.5 Å². The molecule has 0 heterocycles. The molecule has 3 atom stereocenters. The average molecular weight is 519 g/mol. The van der Waals surface area contributed by atoms with E-state index in [4.69, 9.17) is 0 Å². The molecule has 3 aromatic carbocycles. The van der Waals surface area contributed by atoms with Crippen LogP contribution in [0.1, 0.15) is 18.4 Å². The molecule has 0 nitrogen and oxygen atoms in total. The summed E-state index contributed by atoms with van der Waals surface area (Å²) in [5.41, 5.74) is 1.39. The van der Waals surface area contributed by atoms with Gasteiger partial charge in [-0.25, -0.2) is 0 Å². The first-order chi connectivity index (χ1) is 12.8. The molecule has 2 aliphatic carbocycles. The maximum atomic E-state index is 2.42. The fourth-order valence-electron chi connectivity index (χ4n) is 3.78. The van der Waals surface area contributed by atoms with Crippen molar-refractivity contribution in [2.75, 3.05) is 0 Å². The fourth-order valence-corrected chi connectivity index (χ4v) is 5.01. The normalized spacial score (nSPS) is 18.9. The molecule has 3 unspecified atom stereocenters. The van der Waals surface area contributed by atoms with Gasteiger partial charge in [0.05, 0.1) is 0 Å². The molecule has 148 valence electrons. The van der Waals surface area contributed by atoms with Gasteiger partial charge >= 0.3 is 26.2 Å². The minimum Gasteiger partial charge on any atom is -1.00 e. The van der Waals surface area contributed by atoms with Gasteiger partial charge in [0.15, 0.2) is 0 Å². The van der Waals surface area contributed by atoms with Crippen molar-refractivity contribution in [2.45, 2.75) is 19.8 Å². The quantitative estimate of drug-likeness (QED) is 0.327. The average Bonchev–Trinajstić information content (AvgIpc) is 3.30. The van der Waals surface area contributed by atoms with Crippen molar-refractivity contribution in [1.29, 1.82) is 0 Å². The number of hydrogen-bond acceptors (Lipinski definition) is 0. The van der Waals surface area contributed by atoms with Gasteiger partial charge in [0, 0.05) is 0 Å². The van der Waals surface area contributed by atoms with Crippen LogP contribution in [0.2, 0.25) is 0 Å². The Hall–Kier alpha value is -0.577. The van der Waals surface area contributed by atoms with E-state index in [0.717, 1.165) is 20.4 Å². The zero-order valence-corrected chi connectivity index (χ0v) is 21.5. The first-order valence-corrected chi connectivity index (χ1v) is 10.5. The second kappa shape index (κ2) is 13.0. The van der Waals surface area contributed by atoms with Gasteiger partial charge in [-0.15, -0.1) is 52.3 Å². The molecule has 0 saturated heterocycles. The predicted octanol–water partition coefficient (Wildman–Crippen LogP) is -0.155. The Morgan fingerprint density at radius 1 is 0.931 bits per heavy atom. The number of fused-ring (bicyclic) bond motifs is 2. The molecule has 2 aliphatic rings. The van der Waals surface area contributed by atoms with E-state index in [1.807, 2.05) is 0 Å². The molecule has 0 amide bonds. The van der Waals surface area contributed by atoms with Gasteiger partial charge in [0.2, 0.25) is 0 Å². The summed E-state index contributed by atoms with van der Waals surface area (Å²) in [5, 5.41) is 5.58. The summed E-state index contributed by atoms with van der Waals surface area (Å²) < 4.78 is 0. The smallest absolute Gasteiger partial charge is 1.00 e. The summed E-state index contributed by atoms with van der Waals surface area (Å²) in [6, 6.07) is 21.8.